The normalized spacial score (nSPS) is 20.5. The SMILES string of the molecule is CCNC(=NCc1ccc(-n2cncn2)cc1)NCC1CCCOC1C(C)(C)C. The van der Waals surface area contributed by atoms with E-state index in [0.29, 0.717) is 12.5 Å². The molecule has 0 saturated carbocycles. The summed E-state index contributed by atoms with van der Waals surface area (Å²) >= 11 is 0. The van der Waals surface area contributed by atoms with E-state index in [-0.39, 0.29) is 11.5 Å². The molecule has 1 fully saturated rings. The Labute approximate surface area is 174 Å². The van der Waals surface area contributed by atoms with Gasteiger partial charge in [-0.25, -0.2) is 14.7 Å². The number of aliphatic imine (C=N–C) groups is 1. The molecule has 2 heterocycles. The summed E-state index contributed by atoms with van der Waals surface area (Å²) in [5.74, 6) is 1.35. The lowest BCUT2D eigenvalue weighted by Gasteiger charge is -2.40. The van der Waals surface area contributed by atoms with E-state index in [1.54, 1.807) is 11.0 Å². The Morgan fingerprint density at radius 2 is 2.03 bits per heavy atom. The van der Waals surface area contributed by atoms with Crippen molar-refractivity contribution < 1.29 is 4.74 Å². The van der Waals surface area contributed by atoms with E-state index in [4.69, 9.17) is 9.73 Å². The molecule has 0 spiro atoms. The molecular formula is C22H34N6O. The second-order valence-electron chi connectivity index (χ2n) is 8.64. The summed E-state index contributed by atoms with van der Waals surface area (Å²) in [4.78, 5) is 8.75. The molecular weight excluding hydrogens is 364 g/mol. The zero-order valence-corrected chi connectivity index (χ0v) is 18.1. The fourth-order valence-electron chi connectivity index (χ4n) is 3.84. The highest BCUT2D eigenvalue weighted by molar-refractivity contribution is 5.79. The first-order valence-electron chi connectivity index (χ1n) is 10.5. The molecule has 2 N–H and O–H groups in total. The molecule has 29 heavy (non-hydrogen) atoms. The molecule has 1 aromatic carbocycles. The molecule has 2 atom stereocenters. The molecule has 1 saturated heterocycles. The Balaban J connectivity index is 1.59. The third kappa shape index (κ3) is 6.03. The third-order valence-electron chi connectivity index (χ3n) is 5.21. The molecule has 7 heteroatoms. The maximum atomic E-state index is 6.11. The van der Waals surface area contributed by atoms with Crippen molar-refractivity contribution in [3.63, 3.8) is 0 Å². The number of aromatic nitrogens is 3. The molecule has 0 radical (unpaired) electrons. The summed E-state index contributed by atoms with van der Waals surface area (Å²) < 4.78 is 7.85. The Bertz CT molecular complexity index is 764. The van der Waals surface area contributed by atoms with E-state index in [2.05, 4.69) is 60.5 Å². The van der Waals surface area contributed by atoms with Gasteiger partial charge in [0, 0.05) is 25.6 Å². The molecule has 1 aliphatic heterocycles. The van der Waals surface area contributed by atoms with Crippen LogP contribution in [0.1, 0.15) is 46.1 Å². The monoisotopic (exact) mass is 398 g/mol. The summed E-state index contributed by atoms with van der Waals surface area (Å²) in [6.07, 6.45) is 5.83. The minimum absolute atomic E-state index is 0.147. The van der Waals surface area contributed by atoms with Gasteiger partial charge in [-0.05, 0) is 42.9 Å². The van der Waals surface area contributed by atoms with Crippen molar-refractivity contribution >= 4 is 5.96 Å². The fraction of sp³-hybridized carbons (Fsp3) is 0.591. The van der Waals surface area contributed by atoms with Crippen LogP contribution in [0.3, 0.4) is 0 Å². The molecule has 1 aromatic heterocycles. The second-order valence-corrected chi connectivity index (χ2v) is 8.64. The number of benzene rings is 1. The summed E-state index contributed by atoms with van der Waals surface area (Å²) in [7, 11) is 0. The second kappa shape index (κ2) is 9.87. The number of hydrogen-bond acceptors (Lipinski definition) is 4. The van der Waals surface area contributed by atoms with E-state index in [1.165, 1.54) is 12.7 Å². The highest BCUT2D eigenvalue weighted by Crippen LogP contribution is 2.33. The van der Waals surface area contributed by atoms with Gasteiger partial charge in [0.05, 0.1) is 18.3 Å². The highest BCUT2D eigenvalue weighted by Gasteiger charge is 2.35. The van der Waals surface area contributed by atoms with Gasteiger partial charge in [0.25, 0.3) is 0 Å². The summed E-state index contributed by atoms with van der Waals surface area (Å²) in [5.41, 5.74) is 2.29. The summed E-state index contributed by atoms with van der Waals surface area (Å²) in [6.45, 7) is 12.1. The van der Waals surface area contributed by atoms with Crippen molar-refractivity contribution in [2.75, 3.05) is 19.7 Å². The number of hydrogen-bond donors (Lipinski definition) is 2. The van der Waals surface area contributed by atoms with Gasteiger partial charge in [-0.2, -0.15) is 5.10 Å². The van der Waals surface area contributed by atoms with Crippen LogP contribution in [0.4, 0.5) is 0 Å². The van der Waals surface area contributed by atoms with E-state index < -0.39 is 0 Å². The smallest absolute Gasteiger partial charge is 0.191 e. The zero-order valence-electron chi connectivity index (χ0n) is 18.1. The predicted octanol–water partition coefficient (Wildman–Crippen LogP) is 3.16. The van der Waals surface area contributed by atoms with Gasteiger partial charge in [-0.15, -0.1) is 0 Å². The van der Waals surface area contributed by atoms with Crippen molar-refractivity contribution in [1.29, 1.82) is 0 Å². The van der Waals surface area contributed by atoms with Crippen LogP contribution in [0, 0.1) is 11.3 Å². The first-order valence-corrected chi connectivity index (χ1v) is 10.5. The van der Waals surface area contributed by atoms with Crippen LogP contribution >= 0.6 is 0 Å². The lowest BCUT2D eigenvalue weighted by molar-refractivity contribution is -0.0835. The molecule has 2 unspecified atom stereocenters. The lowest BCUT2D eigenvalue weighted by atomic mass is 9.78. The summed E-state index contributed by atoms with van der Waals surface area (Å²) in [5, 5.41) is 11.0. The van der Waals surface area contributed by atoms with E-state index in [1.807, 2.05) is 12.1 Å². The van der Waals surface area contributed by atoms with Gasteiger partial charge in [0.15, 0.2) is 5.96 Å². The molecule has 1 aliphatic rings. The fourth-order valence-corrected chi connectivity index (χ4v) is 3.84. The average Bonchev–Trinajstić information content (AvgIpc) is 3.25. The average molecular weight is 399 g/mol. The summed E-state index contributed by atoms with van der Waals surface area (Å²) in [6, 6.07) is 8.23. The Morgan fingerprint density at radius 1 is 1.24 bits per heavy atom. The van der Waals surface area contributed by atoms with Gasteiger partial charge in [0.1, 0.15) is 12.7 Å². The topological polar surface area (TPSA) is 76.4 Å². The van der Waals surface area contributed by atoms with Crippen LogP contribution in [0.2, 0.25) is 0 Å². The minimum atomic E-state index is 0.147. The van der Waals surface area contributed by atoms with Gasteiger partial charge in [-0.3, -0.25) is 0 Å². The highest BCUT2D eigenvalue weighted by atomic mass is 16.5. The molecule has 0 aliphatic carbocycles. The van der Waals surface area contributed by atoms with E-state index in [0.717, 1.165) is 43.3 Å². The number of nitrogens with one attached hydrogen (secondary N) is 2. The standard InChI is InChI=1S/C22H34N6O/c1-5-24-21(26-14-18-7-6-12-29-20(18)22(2,3)4)25-13-17-8-10-19(11-9-17)28-16-23-15-27-28/h8-11,15-16,18,20H,5-7,12-14H2,1-4H3,(H2,24,25,26). The number of guanidine groups is 1. The lowest BCUT2D eigenvalue weighted by Crippen LogP contribution is -2.47. The van der Waals surface area contributed by atoms with Gasteiger partial charge in [-0.1, -0.05) is 32.9 Å². The molecule has 7 nitrogen and oxygen atoms in total. The van der Waals surface area contributed by atoms with Crippen LogP contribution in [0.25, 0.3) is 5.69 Å². The van der Waals surface area contributed by atoms with Gasteiger partial charge in [0.2, 0.25) is 0 Å². The third-order valence-corrected chi connectivity index (χ3v) is 5.21. The maximum absolute atomic E-state index is 6.11. The van der Waals surface area contributed by atoms with Crippen molar-refractivity contribution in [1.82, 2.24) is 25.4 Å². The maximum Gasteiger partial charge on any atom is 0.191 e. The van der Waals surface area contributed by atoms with Crippen LogP contribution < -0.4 is 10.6 Å². The minimum Gasteiger partial charge on any atom is -0.377 e. The molecule has 0 bridgehead atoms. The zero-order chi connectivity index (χ0) is 20.7. The Morgan fingerprint density at radius 3 is 2.69 bits per heavy atom. The first-order chi connectivity index (χ1) is 14.0. The van der Waals surface area contributed by atoms with Crippen molar-refractivity contribution in [3.8, 4) is 5.69 Å². The predicted molar refractivity (Wildman–Crippen MR) is 116 cm³/mol. The number of nitrogens with zero attached hydrogens (tertiary/aromatic N) is 4. The van der Waals surface area contributed by atoms with Crippen LogP contribution in [-0.4, -0.2) is 46.5 Å². The van der Waals surface area contributed by atoms with Crippen molar-refractivity contribution in [3.05, 3.63) is 42.5 Å². The van der Waals surface area contributed by atoms with Crippen molar-refractivity contribution in [2.45, 2.75) is 53.2 Å². The Hall–Kier alpha value is -2.41. The first kappa shape index (κ1) is 21.3. The molecule has 0 amide bonds. The van der Waals surface area contributed by atoms with Crippen LogP contribution in [-0.2, 0) is 11.3 Å². The molecule has 2 aromatic rings. The Kier molecular flexibility index (Phi) is 7.25. The van der Waals surface area contributed by atoms with E-state index in [9.17, 15) is 0 Å². The quantitative estimate of drug-likeness (QED) is 0.577. The van der Waals surface area contributed by atoms with Gasteiger partial charge >= 0.3 is 0 Å². The number of rotatable bonds is 6. The van der Waals surface area contributed by atoms with Crippen molar-refractivity contribution in [2.24, 2.45) is 16.3 Å². The van der Waals surface area contributed by atoms with Crippen LogP contribution in [0.15, 0.2) is 41.9 Å². The van der Waals surface area contributed by atoms with E-state index >= 15 is 0 Å². The molecule has 3 rings (SSSR count). The van der Waals surface area contributed by atoms with Gasteiger partial charge < -0.3 is 15.4 Å². The van der Waals surface area contributed by atoms with Crippen LogP contribution in [0.5, 0.6) is 0 Å². The largest absolute Gasteiger partial charge is 0.377 e. The number of ether oxygens (including phenoxy) is 1. The molecule has 158 valence electrons.